The number of ether oxygens (including phenoxy) is 1. The minimum Gasteiger partial charge on any atom is -0.381 e. The first-order chi connectivity index (χ1) is 9.13. The van der Waals surface area contributed by atoms with Gasteiger partial charge in [-0.3, -0.25) is 0 Å². The zero-order valence-electron chi connectivity index (χ0n) is 11.6. The standard InChI is InChI=1S/C15H23ClN2O/c1-18(10-13-2-4-14(16)5-3-13)12-15(11-17)6-8-19-9-7-15/h2-5H,6-12,17H2,1H3. The fourth-order valence-electron chi connectivity index (χ4n) is 2.76. The minimum absolute atomic E-state index is 0.222. The average molecular weight is 283 g/mol. The van der Waals surface area contributed by atoms with E-state index in [1.54, 1.807) is 0 Å². The summed E-state index contributed by atoms with van der Waals surface area (Å²) in [4.78, 5) is 2.35. The lowest BCUT2D eigenvalue weighted by atomic mass is 9.80. The van der Waals surface area contributed by atoms with Crippen molar-refractivity contribution >= 4 is 11.6 Å². The van der Waals surface area contributed by atoms with Crippen molar-refractivity contribution in [3.63, 3.8) is 0 Å². The first-order valence-corrected chi connectivity index (χ1v) is 7.22. The molecule has 0 aromatic heterocycles. The Morgan fingerprint density at radius 3 is 2.47 bits per heavy atom. The molecule has 0 amide bonds. The maximum Gasteiger partial charge on any atom is 0.0472 e. The summed E-state index contributed by atoms with van der Waals surface area (Å²) >= 11 is 5.90. The highest BCUT2D eigenvalue weighted by molar-refractivity contribution is 6.30. The van der Waals surface area contributed by atoms with Crippen LogP contribution >= 0.6 is 11.6 Å². The monoisotopic (exact) mass is 282 g/mol. The van der Waals surface area contributed by atoms with E-state index in [9.17, 15) is 0 Å². The molecule has 0 aliphatic carbocycles. The smallest absolute Gasteiger partial charge is 0.0472 e. The topological polar surface area (TPSA) is 38.5 Å². The van der Waals surface area contributed by atoms with E-state index in [2.05, 4.69) is 24.1 Å². The largest absolute Gasteiger partial charge is 0.381 e. The van der Waals surface area contributed by atoms with Crippen molar-refractivity contribution in [1.82, 2.24) is 4.90 Å². The molecular weight excluding hydrogens is 260 g/mol. The number of benzene rings is 1. The number of nitrogens with two attached hydrogens (primary N) is 1. The molecule has 1 aliphatic rings. The molecule has 0 saturated carbocycles. The molecule has 0 bridgehead atoms. The van der Waals surface area contributed by atoms with E-state index in [4.69, 9.17) is 22.1 Å². The summed E-state index contributed by atoms with van der Waals surface area (Å²) in [6.45, 7) is 4.37. The zero-order chi connectivity index (χ0) is 13.7. The van der Waals surface area contributed by atoms with Crippen molar-refractivity contribution in [2.24, 2.45) is 11.1 Å². The summed E-state index contributed by atoms with van der Waals surface area (Å²) < 4.78 is 5.45. The van der Waals surface area contributed by atoms with Crippen LogP contribution < -0.4 is 5.73 Å². The molecule has 0 unspecified atom stereocenters. The molecule has 0 atom stereocenters. The third kappa shape index (κ3) is 4.18. The van der Waals surface area contributed by atoms with Crippen LogP contribution in [-0.2, 0) is 11.3 Å². The van der Waals surface area contributed by atoms with Crippen LogP contribution in [0.1, 0.15) is 18.4 Å². The Kier molecular flexibility index (Phi) is 5.22. The van der Waals surface area contributed by atoms with Crippen LogP contribution in [0.15, 0.2) is 24.3 Å². The van der Waals surface area contributed by atoms with Crippen LogP contribution in [0.2, 0.25) is 5.02 Å². The van der Waals surface area contributed by atoms with Gasteiger partial charge in [0, 0.05) is 31.3 Å². The number of hydrogen-bond donors (Lipinski definition) is 1. The van der Waals surface area contributed by atoms with Crippen molar-refractivity contribution in [2.45, 2.75) is 19.4 Å². The summed E-state index contributed by atoms with van der Waals surface area (Å²) in [5, 5.41) is 0.786. The van der Waals surface area contributed by atoms with Crippen molar-refractivity contribution in [2.75, 3.05) is 33.4 Å². The van der Waals surface area contributed by atoms with Crippen molar-refractivity contribution < 1.29 is 4.74 Å². The Hall–Kier alpha value is -0.610. The molecule has 1 saturated heterocycles. The molecule has 1 fully saturated rings. The fraction of sp³-hybridized carbons (Fsp3) is 0.600. The highest BCUT2D eigenvalue weighted by Crippen LogP contribution is 2.30. The molecule has 2 N–H and O–H groups in total. The maximum atomic E-state index is 6.00. The molecule has 106 valence electrons. The molecule has 4 heteroatoms. The fourth-order valence-corrected chi connectivity index (χ4v) is 2.89. The lowest BCUT2D eigenvalue weighted by molar-refractivity contribution is 0.00268. The number of hydrogen-bond acceptors (Lipinski definition) is 3. The second kappa shape index (κ2) is 6.71. The maximum absolute atomic E-state index is 6.00. The van der Waals surface area contributed by atoms with E-state index < -0.39 is 0 Å². The van der Waals surface area contributed by atoms with Crippen molar-refractivity contribution in [3.05, 3.63) is 34.9 Å². The van der Waals surface area contributed by atoms with Gasteiger partial charge in [-0.05, 0) is 49.5 Å². The Bertz CT molecular complexity index is 388. The van der Waals surface area contributed by atoms with E-state index in [1.807, 2.05) is 12.1 Å². The highest BCUT2D eigenvalue weighted by atomic mass is 35.5. The van der Waals surface area contributed by atoms with E-state index in [1.165, 1.54) is 5.56 Å². The lowest BCUT2D eigenvalue weighted by Crippen LogP contribution is -2.44. The van der Waals surface area contributed by atoms with Crippen molar-refractivity contribution in [3.8, 4) is 0 Å². The quantitative estimate of drug-likeness (QED) is 0.902. The molecule has 1 aliphatic heterocycles. The van der Waals surface area contributed by atoms with E-state index in [0.717, 1.165) is 50.7 Å². The van der Waals surface area contributed by atoms with Gasteiger partial charge in [-0.25, -0.2) is 0 Å². The SMILES string of the molecule is CN(Cc1ccc(Cl)cc1)CC1(CN)CCOCC1. The molecule has 1 heterocycles. The van der Waals surface area contributed by atoms with Crippen LogP contribution in [0, 0.1) is 5.41 Å². The van der Waals surface area contributed by atoms with Gasteiger partial charge in [-0.1, -0.05) is 23.7 Å². The van der Waals surface area contributed by atoms with Crippen molar-refractivity contribution in [1.29, 1.82) is 0 Å². The summed E-state index contributed by atoms with van der Waals surface area (Å²) in [5.74, 6) is 0. The van der Waals surface area contributed by atoms with Gasteiger partial charge in [0.1, 0.15) is 0 Å². The van der Waals surface area contributed by atoms with Crippen LogP contribution in [0.4, 0.5) is 0 Å². The lowest BCUT2D eigenvalue weighted by Gasteiger charge is -2.39. The van der Waals surface area contributed by atoms with Gasteiger partial charge in [0.2, 0.25) is 0 Å². The summed E-state index contributed by atoms with van der Waals surface area (Å²) in [6, 6.07) is 8.05. The summed E-state index contributed by atoms with van der Waals surface area (Å²) in [6.07, 6.45) is 2.13. The molecule has 1 aromatic carbocycles. The Balaban J connectivity index is 1.92. The van der Waals surface area contributed by atoms with Gasteiger partial charge >= 0.3 is 0 Å². The van der Waals surface area contributed by atoms with E-state index >= 15 is 0 Å². The summed E-state index contributed by atoms with van der Waals surface area (Å²) in [7, 11) is 2.15. The second-order valence-electron chi connectivity index (χ2n) is 5.62. The van der Waals surface area contributed by atoms with Gasteiger partial charge in [0.25, 0.3) is 0 Å². The van der Waals surface area contributed by atoms with Gasteiger partial charge < -0.3 is 15.4 Å². The third-order valence-electron chi connectivity index (χ3n) is 3.96. The zero-order valence-corrected chi connectivity index (χ0v) is 12.3. The molecule has 19 heavy (non-hydrogen) atoms. The van der Waals surface area contributed by atoms with Crippen LogP contribution in [0.5, 0.6) is 0 Å². The predicted octanol–water partition coefficient (Wildman–Crippen LogP) is 2.53. The predicted molar refractivity (Wildman–Crippen MR) is 79.3 cm³/mol. The van der Waals surface area contributed by atoms with Gasteiger partial charge in [0.05, 0.1) is 0 Å². The minimum atomic E-state index is 0.222. The summed E-state index contributed by atoms with van der Waals surface area (Å²) in [5.41, 5.74) is 7.51. The molecule has 2 rings (SSSR count). The van der Waals surface area contributed by atoms with E-state index in [-0.39, 0.29) is 5.41 Å². The Labute approximate surface area is 120 Å². The molecule has 0 spiro atoms. The number of rotatable bonds is 5. The number of halogens is 1. The average Bonchev–Trinajstić information content (AvgIpc) is 2.42. The first-order valence-electron chi connectivity index (χ1n) is 6.84. The highest BCUT2D eigenvalue weighted by Gasteiger charge is 2.32. The molecule has 1 aromatic rings. The van der Waals surface area contributed by atoms with Crippen LogP contribution in [0.3, 0.4) is 0 Å². The molecule has 0 radical (unpaired) electrons. The van der Waals surface area contributed by atoms with Gasteiger partial charge in [-0.15, -0.1) is 0 Å². The van der Waals surface area contributed by atoms with Gasteiger partial charge in [0.15, 0.2) is 0 Å². The first kappa shape index (κ1) is 14.8. The van der Waals surface area contributed by atoms with Crippen LogP contribution in [0.25, 0.3) is 0 Å². The Morgan fingerprint density at radius 1 is 1.26 bits per heavy atom. The number of nitrogens with zero attached hydrogens (tertiary/aromatic N) is 1. The van der Waals surface area contributed by atoms with E-state index in [0.29, 0.717) is 0 Å². The Morgan fingerprint density at radius 2 is 1.89 bits per heavy atom. The van der Waals surface area contributed by atoms with Crippen LogP contribution in [-0.4, -0.2) is 38.3 Å². The molecular formula is C15H23ClN2O. The normalized spacial score (nSPS) is 18.7. The third-order valence-corrected chi connectivity index (χ3v) is 4.21. The second-order valence-corrected chi connectivity index (χ2v) is 6.05. The molecule has 3 nitrogen and oxygen atoms in total. The van der Waals surface area contributed by atoms with Gasteiger partial charge in [-0.2, -0.15) is 0 Å².